The molecule has 2 aromatic rings. The molecule has 0 radical (unpaired) electrons. The van der Waals surface area contributed by atoms with Gasteiger partial charge in [-0.25, -0.2) is 13.1 Å². The Balaban J connectivity index is 1.99. The van der Waals surface area contributed by atoms with Crippen molar-refractivity contribution in [2.24, 2.45) is 0 Å². The van der Waals surface area contributed by atoms with E-state index in [0.29, 0.717) is 16.9 Å². The van der Waals surface area contributed by atoms with Crippen LogP contribution in [-0.2, 0) is 21.4 Å². The number of hydrogen-bond acceptors (Lipinski definition) is 5. The van der Waals surface area contributed by atoms with Crippen molar-refractivity contribution < 1.29 is 17.9 Å². The molecule has 0 unspecified atom stereocenters. The van der Waals surface area contributed by atoms with Gasteiger partial charge in [0.15, 0.2) is 0 Å². The minimum atomic E-state index is -3.80. The number of pyridine rings is 1. The second-order valence-electron chi connectivity index (χ2n) is 5.55. The third-order valence-corrected chi connectivity index (χ3v) is 5.16. The quantitative estimate of drug-likeness (QED) is 0.773. The molecule has 134 valence electrons. The van der Waals surface area contributed by atoms with Crippen molar-refractivity contribution in [3.05, 3.63) is 53.3 Å². The molecule has 0 aliphatic carbocycles. The van der Waals surface area contributed by atoms with Crippen LogP contribution in [0.4, 0.5) is 0 Å². The van der Waals surface area contributed by atoms with Gasteiger partial charge in [-0.1, -0.05) is 6.07 Å². The number of rotatable bonds is 7. The van der Waals surface area contributed by atoms with Gasteiger partial charge in [-0.15, -0.1) is 0 Å². The van der Waals surface area contributed by atoms with E-state index < -0.39 is 15.9 Å². The van der Waals surface area contributed by atoms with Crippen molar-refractivity contribution in [1.29, 1.82) is 0 Å². The molecular formula is C17H21N3O4S. The monoisotopic (exact) mass is 363 g/mol. The van der Waals surface area contributed by atoms with Crippen molar-refractivity contribution in [2.75, 3.05) is 13.7 Å². The van der Waals surface area contributed by atoms with E-state index in [1.165, 1.54) is 13.2 Å². The Kier molecular flexibility index (Phi) is 6.11. The molecule has 0 saturated heterocycles. The van der Waals surface area contributed by atoms with Crippen LogP contribution in [0.2, 0.25) is 0 Å². The Hall–Kier alpha value is -2.45. The van der Waals surface area contributed by atoms with Crippen LogP contribution in [0.3, 0.4) is 0 Å². The van der Waals surface area contributed by atoms with Crippen molar-refractivity contribution in [2.45, 2.75) is 25.3 Å². The first-order valence-corrected chi connectivity index (χ1v) is 9.12. The molecule has 0 bridgehead atoms. The van der Waals surface area contributed by atoms with Gasteiger partial charge in [0.05, 0.1) is 18.6 Å². The van der Waals surface area contributed by atoms with Crippen LogP contribution in [0.1, 0.15) is 16.7 Å². The second kappa shape index (κ2) is 8.09. The van der Waals surface area contributed by atoms with E-state index in [9.17, 15) is 13.2 Å². The Morgan fingerprint density at radius 2 is 2.00 bits per heavy atom. The summed E-state index contributed by atoms with van der Waals surface area (Å²) in [5.74, 6) is 0.195. The molecule has 0 aliphatic heterocycles. The maximum absolute atomic E-state index is 12.4. The van der Waals surface area contributed by atoms with Gasteiger partial charge in [0.1, 0.15) is 5.75 Å². The van der Waals surface area contributed by atoms with Gasteiger partial charge in [0.25, 0.3) is 0 Å². The number of carbonyl (C=O) groups is 1. The van der Waals surface area contributed by atoms with E-state index in [4.69, 9.17) is 4.74 Å². The van der Waals surface area contributed by atoms with Crippen LogP contribution < -0.4 is 14.8 Å². The fraction of sp³-hybridized carbons (Fsp3) is 0.294. The lowest BCUT2D eigenvalue weighted by Crippen LogP contribution is -2.36. The average molecular weight is 363 g/mol. The van der Waals surface area contributed by atoms with Crippen LogP contribution in [0, 0.1) is 13.8 Å². The zero-order valence-corrected chi connectivity index (χ0v) is 15.2. The van der Waals surface area contributed by atoms with E-state index in [0.717, 1.165) is 5.56 Å². The molecule has 0 aliphatic rings. The minimum Gasteiger partial charge on any atom is -0.496 e. The van der Waals surface area contributed by atoms with Crippen LogP contribution in [0.15, 0.2) is 41.6 Å². The van der Waals surface area contributed by atoms with Crippen molar-refractivity contribution in [1.82, 2.24) is 15.0 Å². The van der Waals surface area contributed by atoms with Crippen molar-refractivity contribution in [3.63, 3.8) is 0 Å². The summed E-state index contributed by atoms with van der Waals surface area (Å²) in [5, 5.41) is 2.64. The van der Waals surface area contributed by atoms with Gasteiger partial charge in [-0.05, 0) is 48.7 Å². The van der Waals surface area contributed by atoms with Crippen LogP contribution in [-0.4, -0.2) is 33.0 Å². The number of hydrogen-bond donors (Lipinski definition) is 2. The highest BCUT2D eigenvalue weighted by atomic mass is 32.2. The van der Waals surface area contributed by atoms with E-state index in [-0.39, 0.29) is 18.0 Å². The lowest BCUT2D eigenvalue weighted by Gasteiger charge is -2.13. The van der Waals surface area contributed by atoms with Crippen LogP contribution >= 0.6 is 0 Å². The third-order valence-electron chi connectivity index (χ3n) is 3.62. The first kappa shape index (κ1) is 18.9. The van der Waals surface area contributed by atoms with Crippen LogP contribution in [0.25, 0.3) is 0 Å². The second-order valence-corrected chi connectivity index (χ2v) is 7.29. The number of methoxy groups -OCH3 is 1. The summed E-state index contributed by atoms with van der Waals surface area (Å²) >= 11 is 0. The zero-order chi connectivity index (χ0) is 18.4. The lowest BCUT2D eigenvalue weighted by molar-refractivity contribution is -0.120. The standard InChI is InChI=1S/C17H21N3O4S/c1-12-8-16(13(2)7-15(12)24-3)25(22,23)20-11-17(21)19-10-14-5-4-6-18-9-14/h4-9,20H,10-11H2,1-3H3,(H,19,21). The molecule has 7 nitrogen and oxygen atoms in total. The van der Waals surface area contributed by atoms with Crippen molar-refractivity contribution in [3.8, 4) is 5.75 Å². The van der Waals surface area contributed by atoms with Gasteiger partial charge < -0.3 is 10.1 Å². The summed E-state index contributed by atoms with van der Waals surface area (Å²) in [4.78, 5) is 15.9. The number of benzene rings is 1. The summed E-state index contributed by atoms with van der Waals surface area (Å²) in [6, 6.07) is 6.77. The molecule has 0 atom stereocenters. The van der Waals surface area contributed by atoms with Gasteiger partial charge in [-0.2, -0.15) is 0 Å². The molecule has 2 rings (SSSR count). The van der Waals surface area contributed by atoms with E-state index in [2.05, 4.69) is 15.0 Å². The van der Waals surface area contributed by atoms with Gasteiger partial charge in [-0.3, -0.25) is 9.78 Å². The summed E-state index contributed by atoms with van der Waals surface area (Å²) < 4.78 is 32.4. The normalized spacial score (nSPS) is 11.2. The molecular weight excluding hydrogens is 342 g/mol. The fourth-order valence-corrected chi connectivity index (χ4v) is 3.57. The molecule has 25 heavy (non-hydrogen) atoms. The summed E-state index contributed by atoms with van der Waals surface area (Å²) in [6.45, 7) is 3.39. The zero-order valence-electron chi connectivity index (χ0n) is 14.4. The van der Waals surface area contributed by atoms with Gasteiger partial charge in [0, 0.05) is 18.9 Å². The molecule has 1 amide bonds. The van der Waals surface area contributed by atoms with Gasteiger partial charge in [0.2, 0.25) is 15.9 Å². The first-order chi connectivity index (χ1) is 11.8. The van der Waals surface area contributed by atoms with E-state index in [1.807, 2.05) is 6.07 Å². The summed E-state index contributed by atoms with van der Waals surface area (Å²) in [6.07, 6.45) is 3.27. The maximum atomic E-state index is 12.4. The predicted octanol–water partition coefficient (Wildman–Crippen LogP) is 1.30. The molecule has 2 N–H and O–H groups in total. The molecule has 1 aromatic heterocycles. The lowest BCUT2D eigenvalue weighted by atomic mass is 10.1. The Bertz CT molecular complexity index is 852. The number of amides is 1. The molecule has 1 heterocycles. The highest BCUT2D eigenvalue weighted by Crippen LogP contribution is 2.25. The topological polar surface area (TPSA) is 97.4 Å². The highest BCUT2D eigenvalue weighted by Gasteiger charge is 2.19. The summed E-state index contributed by atoms with van der Waals surface area (Å²) in [5.41, 5.74) is 2.08. The third kappa shape index (κ3) is 5.01. The van der Waals surface area contributed by atoms with Crippen molar-refractivity contribution >= 4 is 15.9 Å². The molecule has 0 spiro atoms. The highest BCUT2D eigenvalue weighted by molar-refractivity contribution is 7.89. The number of ether oxygens (including phenoxy) is 1. The SMILES string of the molecule is COc1cc(C)c(S(=O)(=O)NCC(=O)NCc2cccnc2)cc1C. The van der Waals surface area contributed by atoms with Gasteiger partial charge >= 0.3 is 0 Å². The molecule has 0 fully saturated rings. The Morgan fingerprint density at radius 3 is 2.64 bits per heavy atom. The number of aryl methyl sites for hydroxylation is 2. The number of carbonyl (C=O) groups excluding carboxylic acids is 1. The average Bonchev–Trinajstić information content (AvgIpc) is 2.60. The Morgan fingerprint density at radius 1 is 1.24 bits per heavy atom. The largest absolute Gasteiger partial charge is 0.496 e. The van der Waals surface area contributed by atoms with Crippen LogP contribution in [0.5, 0.6) is 5.75 Å². The summed E-state index contributed by atoms with van der Waals surface area (Å²) in [7, 11) is -2.27. The fourth-order valence-electron chi connectivity index (χ4n) is 2.28. The predicted molar refractivity (Wildman–Crippen MR) is 93.7 cm³/mol. The molecule has 1 aromatic carbocycles. The number of nitrogens with zero attached hydrogens (tertiary/aromatic N) is 1. The Labute approximate surface area is 147 Å². The number of sulfonamides is 1. The van der Waals surface area contributed by atoms with E-state index in [1.54, 1.807) is 38.4 Å². The number of nitrogens with one attached hydrogen (secondary N) is 2. The maximum Gasteiger partial charge on any atom is 0.241 e. The molecule has 8 heteroatoms. The number of aromatic nitrogens is 1. The molecule has 0 saturated carbocycles. The van der Waals surface area contributed by atoms with E-state index >= 15 is 0 Å². The minimum absolute atomic E-state index is 0.130. The first-order valence-electron chi connectivity index (χ1n) is 7.64. The smallest absolute Gasteiger partial charge is 0.241 e.